The van der Waals surface area contributed by atoms with Crippen LogP contribution in [-0.2, 0) is 6.54 Å². The molecule has 0 unspecified atom stereocenters. The normalized spacial score (nSPS) is 15.0. The highest BCUT2D eigenvalue weighted by atomic mass is 15.2. The van der Waals surface area contributed by atoms with Gasteiger partial charge < -0.3 is 9.88 Å². The van der Waals surface area contributed by atoms with E-state index in [0.717, 1.165) is 18.2 Å². The summed E-state index contributed by atoms with van der Waals surface area (Å²) in [4.78, 5) is 4.57. The van der Waals surface area contributed by atoms with Crippen LogP contribution in [-0.4, -0.2) is 15.6 Å². The Balaban J connectivity index is 1.70. The van der Waals surface area contributed by atoms with Crippen molar-refractivity contribution in [2.45, 2.75) is 77.8 Å². The fourth-order valence-electron chi connectivity index (χ4n) is 2.31. The summed E-state index contributed by atoms with van der Waals surface area (Å²) in [5.74, 6) is 1.09. The van der Waals surface area contributed by atoms with E-state index in [2.05, 4.69) is 34.9 Å². The van der Waals surface area contributed by atoms with Crippen LogP contribution in [0.1, 0.15) is 64.0 Å². The van der Waals surface area contributed by atoms with Gasteiger partial charge in [0.25, 0.3) is 0 Å². The molecule has 18 heavy (non-hydrogen) atoms. The van der Waals surface area contributed by atoms with E-state index in [1.165, 1.54) is 51.4 Å². The van der Waals surface area contributed by atoms with Crippen LogP contribution in [0.4, 0.5) is 5.95 Å². The van der Waals surface area contributed by atoms with Crippen LogP contribution in [0.2, 0.25) is 0 Å². The average molecular weight is 249 g/mol. The Labute approximate surface area is 111 Å². The smallest absolute Gasteiger partial charge is 0.203 e. The van der Waals surface area contributed by atoms with Gasteiger partial charge in [-0.2, -0.15) is 0 Å². The second kappa shape index (κ2) is 6.81. The summed E-state index contributed by atoms with van der Waals surface area (Å²) in [5.41, 5.74) is 1.13. The first-order valence-corrected chi connectivity index (χ1v) is 7.60. The summed E-state index contributed by atoms with van der Waals surface area (Å²) >= 11 is 0. The van der Waals surface area contributed by atoms with E-state index < -0.39 is 0 Å². The van der Waals surface area contributed by atoms with Crippen molar-refractivity contribution in [1.82, 2.24) is 9.55 Å². The van der Waals surface area contributed by atoms with E-state index in [4.69, 9.17) is 0 Å². The molecule has 0 aromatic carbocycles. The molecule has 1 aliphatic rings. The zero-order valence-corrected chi connectivity index (χ0v) is 11.9. The van der Waals surface area contributed by atoms with Gasteiger partial charge in [0.2, 0.25) is 5.95 Å². The number of nitrogens with zero attached hydrogens (tertiary/aromatic N) is 2. The maximum Gasteiger partial charge on any atom is 0.203 e. The molecule has 1 aromatic rings. The van der Waals surface area contributed by atoms with E-state index in [9.17, 15) is 0 Å². The Morgan fingerprint density at radius 3 is 2.67 bits per heavy atom. The van der Waals surface area contributed by atoms with Gasteiger partial charge in [-0.3, -0.25) is 0 Å². The minimum atomic E-state index is 0.690. The summed E-state index contributed by atoms with van der Waals surface area (Å²) in [5, 5.41) is 3.52. The third-order valence-corrected chi connectivity index (χ3v) is 3.56. The van der Waals surface area contributed by atoms with Crippen molar-refractivity contribution in [2.24, 2.45) is 0 Å². The van der Waals surface area contributed by atoms with E-state index >= 15 is 0 Å². The highest BCUT2D eigenvalue weighted by Gasteiger charge is 2.22. The number of hydrogen-bond donors (Lipinski definition) is 1. The molecule has 1 saturated carbocycles. The number of imidazole rings is 1. The first kappa shape index (κ1) is 13.4. The van der Waals surface area contributed by atoms with Crippen molar-refractivity contribution >= 4 is 5.95 Å². The van der Waals surface area contributed by atoms with E-state index in [1.54, 1.807) is 0 Å². The Hall–Kier alpha value is -0.990. The Morgan fingerprint density at radius 2 is 1.94 bits per heavy atom. The molecule has 1 fully saturated rings. The Bertz CT molecular complexity index is 353. The number of nitrogens with one attached hydrogen (secondary N) is 1. The molecule has 3 heteroatoms. The molecule has 0 amide bonds. The fourth-order valence-corrected chi connectivity index (χ4v) is 2.31. The van der Waals surface area contributed by atoms with Crippen LogP contribution >= 0.6 is 0 Å². The molecule has 1 N–H and O–H groups in total. The summed E-state index contributed by atoms with van der Waals surface area (Å²) in [6.07, 6.45) is 12.9. The highest BCUT2D eigenvalue weighted by Crippen LogP contribution is 2.24. The van der Waals surface area contributed by atoms with Gasteiger partial charge in [-0.05, 0) is 26.2 Å². The van der Waals surface area contributed by atoms with Crippen LogP contribution in [0.5, 0.6) is 0 Å². The molecule has 0 aliphatic heterocycles. The SMILES string of the molecule is CCCCCCCCn1cc(C)nc1NC1CC1. The second-order valence-corrected chi connectivity index (χ2v) is 5.59. The Kier molecular flexibility index (Phi) is 5.09. The summed E-state index contributed by atoms with van der Waals surface area (Å²) < 4.78 is 2.30. The number of anilines is 1. The number of hydrogen-bond acceptors (Lipinski definition) is 2. The lowest BCUT2D eigenvalue weighted by atomic mass is 10.1. The quantitative estimate of drug-likeness (QED) is 0.667. The van der Waals surface area contributed by atoms with Crippen molar-refractivity contribution < 1.29 is 0 Å². The molecule has 102 valence electrons. The van der Waals surface area contributed by atoms with Crippen LogP contribution in [0.25, 0.3) is 0 Å². The summed E-state index contributed by atoms with van der Waals surface area (Å²) in [7, 11) is 0. The predicted molar refractivity (Wildman–Crippen MR) is 77.0 cm³/mol. The molecule has 0 spiro atoms. The maximum absolute atomic E-state index is 4.57. The minimum absolute atomic E-state index is 0.690. The number of unbranched alkanes of at least 4 members (excludes halogenated alkanes) is 5. The van der Waals surface area contributed by atoms with E-state index in [-0.39, 0.29) is 0 Å². The van der Waals surface area contributed by atoms with Gasteiger partial charge in [0, 0.05) is 18.8 Å². The van der Waals surface area contributed by atoms with Crippen molar-refractivity contribution in [1.29, 1.82) is 0 Å². The molecule has 3 nitrogen and oxygen atoms in total. The highest BCUT2D eigenvalue weighted by molar-refractivity contribution is 5.32. The molecule has 0 saturated heterocycles. The van der Waals surface area contributed by atoms with E-state index in [0.29, 0.717) is 6.04 Å². The molecule has 1 heterocycles. The van der Waals surface area contributed by atoms with Gasteiger partial charge in [-0.15, -0.1) is 0 Å². The first-order chi connectivity index (χ1) is 8.79. The molecular weight excluding hydrogens is 222 g/mol. The average Bonchev–Trinajstić information content (AvgIpc) is 3.08. The summed E-state index contributed by atoms with van der Waals surface area (Å²) in [6.45, 7) is 5.46. The summed E-state index contributed by atoms with van der Waals surface area (Å²) in [6, 6.07) is 0.690. The van der Waals surface area contributed by atoms with Crippen LogP contribution in [0, 0.1) is 6.92 Å². The largest absolute Gasteiger partial charge is 0.353 e. The molecular formula is C15H27N3. The van der Waals surface area contributed by atoms with Crippen LogP contribution in [0.3, 0.4) is 0 Å². The van der Waals surface area contributed by atoms with Gasteiger partial charge in [-0.25, -0.2) is 4.98 Å². The maximum atomic E-state index is 4.57. The van der Waals surface area contributed by atoms with Crippen molar-refractivity contribution in [2.75, 3.05) is 5.32 Å². The number of aryl methyl sites for hydroxylation is 2. The molecule has 0 bridgehead atoms. The third-order valence-electron chi connectivity index (χ3n) is 3.56. The topological polar surface area (TPSA) is 29.9 Å². The minimum Gasteiger partial charge on any atom is -0.353 e. The van der Waals surface area contributed by atoms with Crippen LogP contribution < -0.4 is 5.32 Å². The lowest BCUT2D eigenvalue weighted by Gasteiger charge is -2.08. The zero-order chi connectivity index (χ0) is 12.8. The number of rotatable bonds is 9. The predicted octanol–water partition coefficient (Wildman–Crippen LogP) is 4.13. The lowest BCUT2D eigenvalue weighted by Crippen LogP contribution is -2.09. The standard InChI is InChI=1S/C15H27N3/c1-3-4-5-6-7-8-11-18-12-13(2)16-15(18)17-14-9-10-14/h12,14H,3-11H2,1-2H3,(H,16,17). The van der Waals surface area contributed by atoms with Crippen LogP contribution in [0.15, 0.2) is 6.20 Å². The molecule has 1 aromatic heterocycles. The molecule has 0 radical (unpaired) electrons. The Morgan fingerprint density at radius 1 is 1.22 bits per heavy atom. The van der Waals surface area contributed by atoms with E-state index in [1.807, 2.05) is 0 Å². The molecule has 1 aliphatic carbocycles. The monoisotopic (exact) mass is 249 g/mol. The molecule has 2 rings (SSSR count). The zero-order valence-electron chi connectivity index (χ0n) is 11.9. The fraction of sp³-hybridized carbons (Fsp3) is 0.800. The van der Waals surface area contributed by atoms with Gasteiger partial charge in [0.1, 0.15) is 0 Å². The number of aromatic nitrogens is 2. The van der Waals surface area contributed by atoms with Gasteiger partial charge in [0.15, 0.2) is 0 Å². The van der Waals surface area contributed by atoms with Gasteiger partial charge in [-0.1, -0.05) is 39.0 Å². The van der Waals surface area contributed by atoms with Gasteiger partial charge >= 0.3 is 0 Å². The van der Waals surface area contributed by atoms with Crippen molar-refractivity contribution in [3.8, 4) is 0 Å². The van der Waals surface area contributed by atoms with Gasteiger partial charge in [0.05, 0.1) is 5.69 Å². The third kappa shape index (κ3) is 4.35. The molecule has 0 atom stereocenters. The lowest BCUT2D eigenvalue weighted by molar-refractivity contribution is 0.559. The first-order valence-electron chi connectivity index (χ1n) is 7.60. The van der Waals surface area contributed by atoms with Crippen molar-refractivity contribution in [3.05, 3.63) is 11.9 Å². The van der Waals surface area contributed by atoms with Crippen molar-refractivity contribution in [3.63, 3.8) is 0 Å². The second-order valence-electron chi connectivity index (χ2n) is 5.59.